The standard InChI is InChI=1S/C13H15BrN2O/c1-2-3-6-15-8-11-10-7-9(14)4-5-12(10)16-13(11)17/h4-5,7-8,16-17H,2-3,6H2,1H3. The highest BCUT2D eigenvalue weighted by atomic mass is 79.9. The van der Waals surface area contributed by atoms with Gasteiger partial charge in [-0.05, 0) is 24.6 Å². The van der Waals surface area contributed by atoms with Crippen LogP contribution in [0.4, 0.5) is 0 Å². The lowest BCUT2D eigenvalue weighted by Gasteiger charge is -1.94. The number of halogens is 1. The minimum atomic E-state index is 0.179. The summed E-state index contributed by atoms with van der Waals surface area (Å²) in [6.45, 7) is 2.94. The lowest BCUT2D eigenvalue weighted by Crippen LogP contribution is -1.83. The molecule has 2 N–H and O–H groups in total. The molecule has 0 amide bonds. The number of H-pyrrole nitrogens is 1. The van der Waals surface area contributed by atoms with Gasteiger partial charge < -0.3 is 10.1 Å². The topological polar surface area (TPSA) is 48.4 Å². The summed E-state index contributed by atoms with van der Waals surface area (Å²) in [5.74, 6) is 0.179. The number of hydrogen-bond donors (Lipinski definition) is 2. The number of nitrogens with one attached hydrogen (secondary N) is 1. The summed E-state index contributed by atoms with van der Waals surface area (Å²) in [7, 11) is 0. The zero-order valence-electron chi connectivity index (χ0n) is 9.70. The fourth-order valence-electron chi connectivity index (χ4n) is 1.71. The van der Waals surface area contributed by atoms with E-state index >= 15 is 0 Å². The molecule has 90 valence electrons. The van der Waals surface area contributed by atoms with E-state index in [4.69, 9.17) is 0 Å². The molecule has 0 aliphatic heterocycles. The zero-order chi connectivity index (χ0) is 12.3. The molecule has 0 bridgehead atoms. The van der Waals surface area contributed by atoms with Crippen LogP contribution in [0.3, 0.4) is 0 Å². The summed E-state index contributed by atoms with van der Waals surface area (Å²) in [5, 5.41) is 10.8. The molecule has 3 nitrogen and oxygen atoms in total. The molecule has 0 spiro atoms. The Balaban J connectivity index is 2.35. The summed E-state index contributed by atoms with van der Waals surface area (Å²) >= 11 is 3.43. The number of fused-ring (bicyclic) bond motifs is 1. The third kappa shape index (κ3) is 2.69. The average Bonchev–Trinajstić information content (AvgIpc) is 2.61. The number of unbranched alkanes of at least 4 members (excludes halogenated alkanes) is 1. The molecule has 0 atom stereocenters. The van der Waals surface area contributed by atoms with Crippen molar-refractivity contribution >= 4 is 33.0 Å². The first-order valence-electron chi connectivity index (χ1n) is 5.72. The van der Waals surface area contributed by atoms with Crippen LogP contribution in [0.5, 0.6) is 5.88 Å². The van der Waals surface area contributed by atoms with Crippen LogP contribution < -0.4 is 0 Å². The van der Waals surface area contributed by atoms with Crippen LogP contribution in [0.25, 0.3) is 10.9 Å². The van der Waals surface area contributed by atoms with Gasteiger partial charge in [-0.2, -0.15) is 0 Å². The number of rotatable bonds is 4. The maximum atomic E-state index is 9.82. The second-order valence-electron chi connectivity index (χ2n) is 3.97. The lowest BCUT2D eigenvalue weighted by molar-refractivity contribution is 0.457. The molecule has 1 aromatic heterocycles. The van der Waals surface area contributed by atoms with Gasteiger partial charge in [-0.3, -0.25) is 4.99 Å². The number of aromatic nitrogens is 1. The normalized spacial score (nSPS) is 11.6. The van der Waals surface area contributed by atoms with E-state index in [0.29, 0.717) is 0 Å². The molecule has 0 saturated carbocycles. The largest absolute Gasteiger partial charge is 0.494 e. The molecule has 1 aromatic carbocycles. The van der Waals surface area contributed by atoms with E-state index in [-0.39, 0.29) is 5.88 Å². The SMILES string of the molecule is CCCCN=Cc1c(O)[nH]c2ccc(Br)cc12. The molecule has 0 unspecified atom stereocenters. The molecule has 0 aliphatic carbocycles. The van der Waals surface area contributed by atoms with Crippen LogP contribution >= 0.6 is 15.9 Å². The van der Waals surface area contributed by atoms with Gasteiger partial charge in [-0.25, -0.2) is 0 Å². The van der Waals surface area contributed by atoms with Crippen LogP contribution in [-0.2, 0) is 0 Å². The Morgan fingerprint density at radius 2 is 2.29 bits per heavy atom. The summed E-state index contributed by atoms with van der Waals surface area (Å²) < 4.78 is 0.993. The van der Waals surface area contributed by atoms with Crippen molar-refractivity contribution in [2.24, 2.45) is 4.99 Å². The van der Waals surface area contributed by atoms with E-state index in [1.807, 2.05) is 18.2 Å². The first kappa shape index (κ1) is 12.2. The summed E-state index contributed by atoms with van der Waals surface area (Å²) in [5.41, 5.74) is 1.68. The predicted molar refractivity (Wildman–Crippen MR) is 75.0 cm³/mol. The van der Waals surface area contributed by atoms with Gasteiger partial charge in [0.1, 0.15) is 0 Å². The Morgan fingerprint density at radius 3 is 3.06 bits per heavy atom. The Bertz CT molecular complexity index is 546. The van der Waals surface area contributed by atoms with Crippen LogP contribution in [0.15, 0.2) is 27.7 Å². The van der Waals surface area contributed by atoms with E-state index in [0.717, 1.165) is 40.3 Å². The second-order valence-corrected chi connectivity index (χ2v) is 4.88. The van der Waals surface area contributed by atoms with Crippen LogP contribution in [0, 0.1) is 0 Å². The van der Waals surface area contributed by atoms with Gasteiger partial charge in [0.2, 0.25) is 0 Å². The molecule has 2 aromatic rings. The van der Waals surface area contributed by atoms with E-state index in [2.05, 4.69) is 32.8 Å². The molecule has 0 aliphatic rings. The van der Waals surface area contributed by atoms with Crippen molar-refractivity contribution in [3.63, 3.8) is 0 Å². The third-order valence-electron chi connectivity index (χ3n) is 2.64. The fourth-order valence-corrected chi connectivity index (χ4v) is 2.07. The van der Waals surface area contributed by atoms with Crippen LogP contribution in [0.2, 0.25) is 0 Å². The van der Waals surface area contributed by atoms with Gasteiger partial charge in [0.25, 0.3) is 0 Å². The molecular formula is C13H15BrN2O. The molecule has 0 fully saturated rings. The molecule has 2 rings (SSSR count). The van der Waals surface area contributed by atoms with Gasteiger partial charge in [0, 0.05) is 28.1 Å². The second kappa shape index (κ2) is 5.36. The first-order valence-corrected chi connectivity index (χ1v) is 6.51. The van der Waals surface area contributed by atoms with E-state index in [9.17, 15) is 5.11 Å². The van der Waals surface area contributed by atoms with E-state index in [1.54, 1.807) is 6.21 Å². The summed E-state index contributed by atoms with van der Waals surface area (Å²) in [6, 6.07) is 5.85. The fraction of sp³-hybridized carbons (Fsp3) is 0.308. The van der Waals surface area contributed by atoms with Crippen molar-refractivity contribution in [2.75, 3.05) is 6.54 Å². The molecule has 17 heavy (non-hydrogen) atoms. The Kier molecular flexibility index (Phi) is 3.84. The summed E-state index contributed by atoms with van der Waals surface area (Å²) in [6.07, 6.45) is 3.95. The average molecular weight is 295 g/mol. The number of benzene rings is 1. The van der Waals surface area contributed by atoms with Crippen LogP contribution in [0.1, 0.15) is 25.3 Å². The predicted octanol–water partition coefficient (Wildman–Crippen LogP) is 3.86. The highest BCUT2D eigenvalue weighted by Crippen LogP contribution is 2.28. The molecule has 0 radical (unpaired) electrons. The number of aliphatic imine (C=N–C) groups is 1. The maximum Gasteiger partial charge on any atom is 0.198 e. The molecule has 1 heterocycles. The van der Waals surface area contributed by atoms with Gasteiger partial charge >= 0.3 is 0 Å². The van der Waals surface area contributed by atoms with Crippen molar-refractivity contribution in [1.82, 2.24) is 4.98 Å². The Labute approximate surface area is 109 Å². The molecule has 4 heteroatoms. The van der Waals surface area contributed by atoms with Gasteiger partial charge in [0.15, 0.2) is 5.88 Å². The van der Waals surface area contributed by atoms with E-state index in [1.165, 1.54) is 0 Å². The number of aromatic hydroxyl groups is 1. The monoisotopic (exact) mass is 294 g/mol. The lowest BCUT2D eigenvalue weighted by atomic mass is 10.2. The van der Waals surface area contributed by atoms with Crippen molar-refractivity contribution in [3.8, 4) is 5.88 Å². The number of nitrogens with zero attached hydrogens (tertiary/aromatic N) is 1. The smallest absolute Gasteiger partial charge is 0.198 e. The quantitative estimate of drug-likeness (QED) is 0.653. The Morgan fingerprint density at radius 1 is 1.47 bits per heavy atom. The maximum absolute atomic E-state index is 9.82. The van der Waals surface area contributed by atoms with Crippen molar-refractivity contribution < 1.29 is 5.11 Å². The first-order chi connectivity index (χ1) is 8.22. The van der Waals surface area contributed by atoms with Crippen molar-refractivity contribution in [3.05, 3.63) is 28.2 Å². The molecular weight excluding hydrogens is 280 g/mol. The van der Waals surface area contributed by atoms with Crippen molar-refractivity contribution in [1.29, 1.82) is 0 Å². The van der Waals surface area contributed by atoms with Gasteiger partial charge in [-0.15, -0.1) is 0 Å². The van der Waals surface area contributed by atoms with Crippen LogP contribution in [-0.4, -0.2) is 22.8 Å². The zero-order valence-corrected chi connectivity index (χ0v) is 11.3. The van der Waals surface area contributed by atoms with Gasteiger partial charge in [0.05, 0.1) is 5.56 Å². The van der Waals surface area contributed by atoms with Crippen molar-refractivity contribution in [2.45, 2.75) is 19.8 Å². The highest BCUT2D eigenvalue weighted by Gasteiger charge is 2.08. The number of aromatic amines is 1. The third-order valence-corrected chi connectivity index (χ3v) is 3.13. The minimum Gasteiger partial charge on any atom is -0.494 e. The van der Waals surface area contributed by atoms with Gasteiger partial charge in [-0.1, -0.05) is 29.3 Å². The minimum absolute atomic E-state index is 0.179. The number of hydrogen-bond acceptors (Lipinski definition) is 2. The molecule has 0 saturated heterocycles. The highest BCUT2D eigenvalue weighted by molar-refractivity contribution is 9.10. The van der Waals surface area contributed by atoms with E-state index < -0.39 is 0 Å². The summed E-state index contributed by atoms with van der Waals surface area (Å²) in [4.78, 5) is 7.26. The Hall–Kier alpha value is -1.29.